The lowest BCUT2D eigenvalue weighted by Gasteiger charge is -2.30. The van der Waals surface area contributed by atoms with E-state index in [0.717, 1.165) is 49.6 Å². The van der Waals surface area contributed by atoms with Crippen LogP contribution in [0.2, 0.25) is 0 Å². The Morgan fingerprint density at radius 3 is 2.62 bits per heavy atom. The number of hydrogen-bond acceptors (Lipinski definition) is 2. The normalized spacial score (nSPS) is 16.2. The summed E-state index contributed by atoms with van der Waals surface area (Å²) in [5.74, 6) is 0.660. The summed E-state index contributed by atoms with van der Waals surface area (Å²) in [6.07, 6.45) is 7.08. The fourth-order valence-electron chi connectivity index (χ4n) is 3.71. The Kier molecular flexibility index (Phi) is 10.5. The van der Waals surface area contributed by atoms with E-state index in [0.29, 0.717) is 5.41 Å². The molecule has 0 heterocycles. The SMILES string of the molecule is CN=C(NCCc1ccc(F)cc1C)NCC1(CCOC)CCCC1.I. The predicted molar refractivity (Wildman–Crippen MR) is 117 cm³/mol. The fourth-order valence-corrected chi connectivity index (χ4v) is 3.71. The van der Waals surface area contributed by atoms with Crippen molar-refractivity contribution in [2.24, 2.45) is 10.4 Å². The highest BCUT2D eigenvalue weighted by atomic mass is 127. The highest BCUT2D eigenvalue weighted by molar-refractivity contribution is 14.0. The van der Waals surface area contributed by atoms with Crippen LogP contribution in [0.3, 0.4) is 0 Å². The van der Waals surface area contributed by atoms with E-state index in [9.17, 15) is 4.39 Å². The second-order valence-corrected chi connectivity index (χ2v) is 7.12. The van der Waals surface area contributed by atoms with Gasteiger partial charge in [-0.25, -0.2) is 4.39 Å². The van der Waals surface area contributed by atoms with Crippen LogP contribution in [0.5, 0.6) is 0 Å². The van der Waals surface area contributed by atoms with Crippen molar-refractivity contribution in [2.75, 3.05) is 33.9 Å². The van der Waals surface area contributed by atoms with Crippen molar-refractivity contribution in [1.82, 2.24) is 10.6 Å². The zero-order valence-electron chi connectivity index (χ0n) is 16.2. The highest BCUT2D eigenvalue weighted by Gasteiger charge is 2.33. The van der Waals surface area contributed by atoms with Crippen LogP contribution in [0.15, 0.2) is 23.2 Å². The minimum absolute atomic E-state index is 0. The molecule has 0 saturated heterocycles. The summed E-state index contributed by atoms with van der Waals surface area (Å²) >= 11 is 0. The average molecular weight is 477 g/mol. The standard InChI is InChI=1S/C20H32FN3O.HI/c1-16-14-18(21)7-6-17(16)8-12-23-19(22-2)24-15-20(11-13-25-3)9-4-5-10-20;/h6-7,14H,4-5,8-13,15H2,1-3H3,(H2,22,23,24);1H. The first-order valence-electron chi connectivity index (χ1n) is 9.27. The molecule has 0 amide bonds. The largest absolute Gasteiger partial charge is 0.385 e. The van der Waals surface area contributed by atoms with Crippen molar-refractivity contribution >= 4 is 29.9 Å². The number of nitrogens with zero attached hydrogens (tertiary/aromatic N) is 1. The first-order chi connectivity index (χ1) is 12.1. The molecule has 1 saturated carbocycles. The highest BCUT2D eigenvalue weighted by Crippen LogP contribution is 2.40. The number of hydrogen-bond donors (Lipinski definition) is 2. The summed E-state index contributed by atoms with van der Waals surface area (Å²) in [4.78, 5) is 4.33. The molecule has 1 fully saturated rings. The van der Waals surface area contributed by atoms with Gasteiger partial charge in [-0.3, -0.25) is 4.99 Å². The number of halogens is 2. The van der Waals surface area contributed by atoms with Crippen molar-refractivity contribution < 1.29 is 9.13 Å². The topological polar surface area (TPSA) is 45.7 Å². The van der Waals surface area contributed by atoms with E-state index in [4.69, 9.17) is 4.74 Å². The molecule has 2 rings (SSSR count). The van der Waals surface area contributed by atoms with E-state index in [-0.39, 0.29) is 29.8 Å². The van der Waals surface area contributed by atoms with E-state index >= 15 is 0 Å². The molecule has 1 aliphatic carbocycles. The van der Waals surface area contributed by atoms with E-state index < -0.39 is 0 Å². The Labute approximate surface area is 174 Å². The number of benzene rings is 1. The zero-order valence-corrected chi connectivity index (χ0v) is 18.6. The van der Waals surface area contributed by atoms with Gasteiger partial charge in [0.05, 0.1) is 0 Å². The summed E-state index contributed by atoms with van der Waals surface area (Å²) in [7, 11) is 3.57. The maximum absolute atomic E-state index is 13.2. The van der Waals surface area contributed by atoms with Gasteiger partial charge in [-0.05, 0) is 61.3 Å². The first-order valence-corrected chi connectivity index (χ1v) is 9.27. The molecule has 1 aromatic carbocycles. The molecule has 0 radical (unpaired) electrons. The van der Waals surface area contributed by atoms with Gasteiger partial charge in [0.1, 0.15) is 5.82 Å². The second kappa shape index (κ2) is 11.7. The number of guanidine groups is 1. The van der Waals surface area contributed by atoms with Gasteiger partial charge < -0.3 is 15.4 Å². The lowest BCUT2D eigenvalue weighted by Crippen LogP contribution is -2.44. The van der Waals surface area contributed by atoms with Crippen molar-refractivity contribution in [3.05, 3.63) is 35.1 Å². The van der Waals surface area contributed by atoms with Crippen LogP contribution in [0.1, 0.15) is 43.2 Å². The van der Waals surface area contributed by atoms with Crippen molar-refractivity contribution in [1.29, 1.82) is 0 Å². The van der Waals surface area contributed by atoms with Crippen LogP contribution >= 0.6 is 24.0 Å². The van der Waals surface area contributed by atoms with Gasteiger partial charge in [0.25, 0.3) is 0 Å². The quantitative estimate of drug-likeness (QED) is 0.337. The third-order valence-electron chi connectivity index (χ3n) is 5.35. The van der Waals surface area contributed by atoms with Crippen LogP contribution in [0.4, 0.5) is 4.39 Å². The lowest BCUT2D eigenvalue weighted by atomic mass is 9.83. The van der Waals surface area contributed by atoms with E-state index in [1.165, 1.54) is 31.7 Å². The van der Waals surface area contributed by atoms with Gasteiger partial charge >= 0.3 is 0 Å². The number of rotatable bonds is 8. The molecule has 0 spiro atoms. The van der Waals surface area contributed by atoms with Crippen molar-refractivity contribution in [2.45, 2.75) is 45.4 Å². The number of ether oxygens (including phenoxy) is 1. The Balaban J connectivity index is 0.00000338. The maximum atomic E-state index is 13.2. The van der Waals surface area contributed by atoms with E-state index in [1.54, 1.807) is 20.2 Å². The molecular weight excluding hydrogens is 444 g/mol. The predicted octanol–water partition coefficient (Wildman–Crippen LogP) is 4.06. The molecule has 148 valence electrons. The third-order valence-corrected chi connectivity index (χ3v) is 5.35. The van der Waals surface area contributed by atoms with Gasteiger partial charge in [0.2, 0.25) is 0 Å². The molecule has 0 atom stereocenters. The monoisotopic (exact) mass is 477 g/mol. The molecule has 0 aliphatic heterocycles. The summed E-state index contributed by atoms with van der Waals surface area (Å²) in [5, 5.41) is 6.87. The van der Waals surface area contributed by atoms with E-state index in [1.807, 2.05) is 13.0 Å². The molecule has 4 nitrogen and oxygen atoms in total. The molecule has 2 N–H and O–H groups in total. The van der Waals surface area contributed by atoms with E-state index in [2.05, 4.69) is 15.6 Å². The summed E-state index contributed by atoms with van der Waals surface area (Å²) in [6, 6.07) is 4.97. The molecule has 0 aromatic heterocycles. The number of nitrogens with one attached hydrogen (secondary N) is 2. The van der Waals surface area contributed by atoms with Gasteiger partial charge in [0, 0.05) is 33.9 Å². The third kappa shape index (κ3) is 7.02. The van der Waals surface area contributed by atoms with Crippen LogP contribution in [-0.4, -0.2) is 39.8 Å². The second-order valence-electron chi connectivity index (χ2n) is 7.12. The molecule has 0 unspecified atom stereocenters. The van der Waals surface area contributed by atoms with Crippen LogP contribution < -0.4 is 10.6 Å². The molecule has 6 heteroatoms. The lowest BCUT2D eigenvalue weighted by molar-refractivity contribution is 0.138. The van der Waals surface area contributed by atoms with Crippen LogP contribution in [-0.2, 0) is 11.2 Å². The average Bonchev–Trinajstić information content (AvgIpc) is 3.07. The smallest absolute Gasteiger partial charge is 0.191 e. The summed E-state index contributed by atoms with van der Waals surface area (Å²) in [5.41, 5.74) is 2.49. The van der Waals surface area contributed by atoms with Gasteiger partial charge in [0.15, 0.2) is 5.96 Å². The fraction of sp³-hybridized carbons (Fsp3) is 0.650. The summed E-state index contributed by atoms with van der Waals surface area (Å²) in [6.45, 7) is 4.48. The minimum atomic E-state index is -0.176. The minimum Gasteiger partial charge on any atom is -0.385 e. The molecule has 0 bridgehead atoms. The van der Waals surface area contributed by atoms with Crippen molar-refractivity contribution in [3.63, 3.8) is 0 Å². The zero-order chi connectivity index (χ0) is 18.1. The number of aryl methyl sites for hydroxylation is 1. The Hall–Kier alpha value is -0.890. The maximum Gasteiger partial charge on any atom is 0.191 e. The van der Waals surface area contributed by atoms with Crippen LogP contribution in [0, 0.1) is 18.2 Å². The van der Waals surface area contributed by atoms with Crippen molar-refractivity contribution in [3.8, 4) is 0 Å². The summed E-state index contributed by atoms with van der Waals surface area (Å²) < 4.78 is 18.5. The van der Waals surface area contributed by atoms with Crippen LogP contribution in [0.25, 0.3) is 0 Å². The Bertz CT molecular complexity index is 574. The molecule has 26 heavy (non-hydrogen) atoms. The Morgan fingerprint density at radius 2 is 2.00 bits per heavy atom. The number of aliphatic imine (C=N–C) groups is 1. The Morgan fingerprint density at radius 1 is 1.27 bits per heavy atom. The van der Waals surface area contributed by atoms with Gasteiger partial charge in [-0.1, -0.05) is 18.9 Å². The molecule has 1 aliphatic rings. The molecular formula is C20H33FIN3O. The first kappa shape index (κ1) is 23.1. The van der Waals surface area contributed by atoms with Gasteiger partial charge in [-0.15, -0.1) is 24.0 Å². The van der Waals surface area contributed by atoms with Gasteiger partial charge in [-0.2, -0.15) is 0 Å². The number of methoxy groups -OCH3 is 1. The molecule has 1 aromatic rings.